The number of likely N-dealkylation sites (N-methyl/N-ethyl adjacent to an activating group) is 1. The van der Waals surface area contributed by atoms with E-state index in [1.54, 1.807) is 0 Å². The van der Waals surface area contributed by atoms with Gasteiger partial charge in [0.25, 0.3) is 0 Å². The average molecular weight is 261 g/mol. The predicted octanol–water partition coefficient (Wildman–Crippen LogP) is 3.85. The van der Waals surface area contributed by atoms with Crippen molar-refractivity contribution in [2.45, 2.75) is 51.7 Å². The lowest BCUT2D eigenvalue weighted by atomic mass is 9.89. The zero-order valence-corrected chi connectivity index (χ0v) is 12.5. The van der Waals surface area contributed by atoms with Gasteiger partial charge in [-0.2, -0.15) is 0 Å². The van der Waals surface area contributed by atoms with Gasteiger partial charge in [-0.3, -0.25) is 0 Å². The van der Waals surface area contributed by atoms with E-state index < -0.39 is 0 Å². The molecular weight excluding hydrogens is 234 g/mol. The third-order valence-electron chi connectivity index (χ3n) is 4.29. The first-order chi connectivity index (χ1) is 9.19. The van der Waals surface area contributed by atoms with Crippen molar-refractivity contribution in [1.82, 2.24) is 5.32 Å². The van der Waals surface area contributed by atoms with Crippen molar-refractivity contribution in [3.8, 4) is 0 Å². The Hall–Kier alpha value is -0.860. The number of ether oxygens (including phenoxy) is 1. The Morgan fingerprint density at radius 3 is 2.37 bits per heavy atom. The van der Waals surface area contributed by atoms with Gasteiger partial charge in [0.1, 0.15) is 0 Å². The molecule has 1 N–H and O–H groups in total. The molecule has 19 heavy (non-hydrogen) atoms. The molecule has 2 heteroatoms. The van der Waals surface area contributed by atoms with E-state index in [4.69, 9.17) is 4.74 Å². The van der Waals surface area contributed by atoms with Gasteiger partial charge in [0.15, 0.2) is 0 Å². The van der Waals surface area contributed by atoms with E-state index in [2.05, 4.69) is 43.4 Å². The summed E-state index contributed by atoms with van der Waals surface area (Å²) in [5, 5.41) is 3.36. The Bertz CT molecular complexity index is 365. The van der Waals surface area contributed by atoms with Gasteiger partial charge in [0, 0.05) is 0 Å². The fourth-order valence-electron chi connectivity index (χ4n) is 2.77. The maximum absolute atomic E-state index is 6.11. The smallest absolute Gasteiger partial charge is 0.0665 e. The molecule has 0 bridgehead atoms. The second-order valence-electron chi connectivity index (χ2n) is 5.97. The molecule has 0 aliphatic heterocycles. The first-order valence-electron chi connectivity index (χ1n) is 7.54. The van der Waals surface area contributed by atoms with Crippen molar-refractivity contribution >= 4 is 0 Å². The van der Waals surface area contributed by atoms with E-state index in [1.807, 2.05) is 7.05 Å². The van der Waals surface area contributed by atoms with Gasteiger partial charge >= 0.3 is 0 Å². The van der Waals surface area contributed by atoms with Crippen molar-refractivity contribution < 1.29 is 4.74 Å². The first-order valence-corrected chi connectivity index (χ1v) is 7.54. The van der Waals surface area contributed by atoms with Crippen LogP contribution in [-0.4, -0.2) is 19.8 Å². The van der Waals surface area contributed by atoms with Crippen molar-refractivity contribution in [3.63, 3.8) is 0 Å². The standard InChI is InChI=1S/C17H27NO/c1-13-4-8-15(9-5-13)17(18-3)12-19-16-10-6-14(2)7-11-16/h4-5,8-9,14,16-18H,6-7,10-12H2,1-3H3. The van der Waals surface area contributed by atoms with E-state index in [1.165, 1.54) is 36.8 Å². The van der Waals surface area contributed by atoms with Crippen LogP contribution in [0.2, 0.25) is 0 Å². The summed E-state index contributed by atoms with van der Waals surface area (Å²) < 4.78 is 6.11. The van der Waals surface area contributed by atoms with E-state index in [9.17, 15) is 0 Å². The van der Waals surface area contributed by atoms with Crippen molar-refractivity contribution in [2.75, 3.05) is 13.7 Å². The highest BCUT2D eigenvalue weighted by Crippen LogP contribution is 2.26. The van der Waals surface area contributed by atoms with Crippen LogP contribution in [-0.2, 0) is 4.74 Å². The third kappa shape index (κ3) is 4.32. The molecule has 1 aliphatic rings. The summed E-state index contributed by atoms with van der Waals surface area (Å²) in [6.45, 7) is 5.25. The maximum atomic E-state index is 6.11. The van der Waals surface area contributed by atoms with Crippen LogP contribution in [0, 0.1) is 12.8 Å². The Balaban J connectivity index is 1.84. The van der Waals surface area contributed by atoms with Crippen LogP contribution < -0.4 is 5.32 Å². The van der Waals surface area contributed by atoms with Crippen LogP contribution in [0.4, 0.5) is 0 Å². The molecule has 1 atom stereocenters. The number of hydrogen-bond acceptors (Lipinski definition) is 2. The molecule has 1 fully saturated rings. The van der Waals surface area contributed by atoms with Gasteiger partial charge in [-0.1, -0.05) is 36.8 Å². The molecule has 0 saturated heterocycles. The van der Waals surface area contributed by atoms with Gasteiger partial charge in [-0.25, -0.2) is 0 Å². The Labute approximate surface area is 117 Å². The quantitative estimate of drug-likeness (QED) is 0.869. The minimum Gasteiger partial charge on any atom is -0.376 e. The fraction of sp³-hybridized carbons (Fsp3) is 0.647. The molecular formula is C17H27NO. The fourth-order valence-corrected chi connectivity index (χ4v) is 2.77. The number of hydrogen-bond donors (Lipinski definition) is 1. The molecule has 2 rings (SSSR count). The van der Waals surface area contributed by atoms with Crippen molar-refractivity contribution in [2.24, 2.45) is 5.92 Å². The summed E-state index contributed by atoms with van der Waals surface area (Å²) in [7, 11) is 2.01. The van der Waals surface area contributed by atoms with Gasteiger partial charge in [-0.15, -0.1) is 0 Å². The summed E-state index contributed by atoms with van der Waals surface area (Å²) in [6, 6.07) is 9.04. The zero-order valence-electron chi connectivity index (χ0n) is 12.5. The molecule has 0 amide bonds. The normalized spacial score (nSPS) is 25.2. The van der Waals surface area contributed by atoms with Crippen LogP contribution in [0.15, 0.2) is 24.3 Å². The highest BCUT2D eigenvalue weighted by Gasteiger charge is 2.20. The van der Waals surface area contributed by atoms with Crippen molar-refractivity contribution in [3.05, 3.63) is 35.4 Å². The molecule has 1 aromatic rings. The molecule has 1 aromatic carbocycles. The lowest BCUT2D eigenvalue weighted by molar-refractivity contribution is 0.00881. The highest BCUT2D eigenvalue weighted by atomic mass is 16.5. The molecule has 2 nitrogen and oxygen atoms in total. The Morgan fingerprint density at radius 2 is 1.79 bits per heavy atom. The minimum atomic E-state index is 0.306. The number of benzene rings is 1. The van der Waals surface area contributed by atoms with Crippen molar-refractivity contribution in [1.29, 1.82) is 0 Å². The van der Waals surface area contributed by atoms with Gasteiger partial charge in [0.2, 0.25) is 0 Å². The maximum Gasteiger partial charge on any atom is 0.0665 e. The molecule has 106 valence electrons. The molecule has 1 aliphatic carbocycles. The molecule has 1 saturated carbocycles. The predicted molar refractivity (Wildman–Crippen MR) is 80.4 cm³/mol. The summed E-state index contributed by atoms with van der Waals surface area (Å²) in [5.74, 6) is 0.886. The SMILES string of the molecule is CNC(COC1CCC(C)CC1)c1ccc(C)cc1. The first kappa shape index (κ1) is 14.5. The molecule has 0 aromatic heterocycles. The average Bonchev–Trinajstić information content (AvgIpc) is 2.43. The van der Waals surface area contributed by atoms with Crippen LogP contribution in [0.25, 0.3) is 0 Å². The molecule has 0 radical (unpaired) electrons. The second-order valence-corrected chi connectivity index (χ2v) is 5.97. The van der Waals surface area contributed by atoms with Gasteiger partial charge in [-0.05, 0) is 51.1 Å². The van der Waals surface area contributed by atoms with E-state index in [0.717, 1.165) is 12.5 Å². The lowest BCUT2D eigenvalue weighted by Gasteiger charge is -2.28. The number of aryl methyl sites for hydroxylation is 1. The number of rotatable bonds is 5. The van der Waals surface area contributed by atoms with E-state index >= 15 is 0 Å². The summed E-state index contributed by atoms with van der Waals surface area (Å²) >= 11 is 0. The van der Waals surface area contributed by atoms with Crippen LogP contribution in [0.3, 0.4) is 0 Å². The highest BCUT2D eigenvalue weighted by molar-refractivity contribution is 5.24. The molecule has 0 spiro atoms. The summed E-state index contributed by atoms with van der Waals surface area (Å²) in [4.78, 5) is 0. The summed E-state index contributed by atoms with van der Waals surface area (Å²) in [6.07, 6.45) is 5.56. The van der Waals surface area contributed by atoms with Crippen LogP contribution >= 0.6 is 0 Å². The monoisotopic (exact) mass is 261 g/mol. The van der Waals surface area contributed by atoms with E-state index in [0.29, 0.717) is 12.1 Å². The van der Waals surface area contributed by atoms with Gasteiger partial charge < -0.3 is 10.1 Å². The molecule has 1 unspecified atom stereocenters. The molecule has 0 heterocycles. The largest absolute Gasteiger partial charge is 0.376 e. The topological polar surface area (TPSA) is 21.3 Å². The zero-order chi connectivity index (χ0) is 13.7. The van der Waals surface area contributed by atoms with Gasteiger partial charge in [0.05, 0.1) is 18.8 Å². The number of nitrogens with one attached hydrogen (secondary N) is 1. The second kappa shape index (κ2) is 7.06. The Kier molecular flexibility index (Phi) is 5.41. The van der Waals surface area contributed by atoms with Crippen LogP contribution in [0.5, 0.6) is 0 Å². The third-order valence-corrected chi connectivity index (χ3v) is 4.29. The van der Waals surface area contributed by atoms with Crippen LogP contribution in [0.1, 0.15) is 49.8 Å². The van der Waals surface area contributed by atoms with E-state index in [-0.39, 0.29) is 0 Å². The minimum absolute atomic E-state index is 0.306. The summed E-state index contributed by atoms with van der Waals surface area (Å²) in [5.41, 5.74) is 2.62. The Morgan fingerprint density at radius 1 is 1.16 bits per heavy atom. The lowest BCUT2D eigenvalue weighted by Crippen LogP contribution is -2.27.